The van der Waals surface area contributed by atoms with Gasteiger partial charge in [0.1, 0.15) is 0 Å². The van der Waals surface area contributed by atoms with Crippen molar-refractivity contribution in [3.63, 3.8) is 0 Å². The molecule has 1 spiro atoms. The molecule has 5 atom stereocenters. The molecule has 0 radical (unpaired) electrons. The summed E-state index contributed by atoms with van der Waals surface area (Å²) in [6, 6.07) is 2.36. The number of nitrogens with zero attached hydrogens (tertiary/aromatic N) is 2. The van der Waals surface area contributed by atoms with Crippen LogP contribution in [0, 0.1) is 5.41 Å². The molecule has 1 saturated carbocycles. The molecule has 5 heteroatoms. The van der Waals surface area contributed by atoms with E-state index in [2.05, 4.69) is 55.1 Å². The van der Waals surface area contributed by atoms with Gasteiger partial charge in [-0.25, -0.2) is 0 Å². The van der Waals surface area contributed by atoms with Crippen molar-refractivity contribution in [3.8, 4) is 0 Å². The smallest absolute Gasteiger partial charge is 0.0832 e. The molecule has 2 aliphatic heterocycles. The highest BCUT2D eigenvalue weighted by Gasteiger charge is 2.54. The number of hydrogen-bond donors (Lipinski definition) is 3. The molecule has 1 aliphatic carbocycles. The fourth-order valence-corrected chi connectivity index (χ4v) is 5.05. The molecule has 3 rings (SSSR count). The lowest BCUT2D eigenvalue weighted by atomic mass is 9.98. The minimum Gasteiger partial charge on any atom is -0.390 e. The van der Waals surface area contributed by atoms with Gasteiger partial charge in [0.15, 0.2) is 0 Å². The second kappa shape index (κ2) is 7.81. The van der Waals surface area contributed by atoms with Crippen molar-refractivity contribution >= 4 is 0 Å². The van der Waals surface area contributed by atoms with Crippen molar-refractivity contribution in [2.45, 2.75) is 90.2 Å². The lowest BCUT2D eigenvalue weighted by Crippen LogP contribution is -2.46. The van der Waals surface area contributed by atoms with Gasteiger partial charge in [0, 0.05) is 56.4 Å². The third kappa shape index (κ3) is 4.56. The summed E-state index contributed by atoms with van der Waals surface area (Å²) >= 11 is 0. The number of β-amino-alcohol motifs (C(OH)–C–C–N with tert-alkyl or cyclic N) is 1. The van der Waals surface area contributed by atoms with Gasteiger partial charge in [-0.05, 0) is 45.1 Å². The molecule has 3 aliphatic rings. The normalized spacial score (nSPS) is 34.9. The lowest BCUT2D eigenvalue weighted by molar-refractivity contribution is 0.141. The van der Waals surface area contributed by atoms with E-state index in [-0.39, 0.29) is 12.1 Å². The van der Waals surface area contributed by atoms with Crippen LogP contribution in [0.2, 0.25) is 0 Å². The van der Waals surface area contributed by atoms with Crippen LogP contribution in [-0.4, -0.2) is 83.9 Å². The molecule has 0 aromatic carbocycles. The first-order valence-corrected chi connectivity index (χ1v) is 10.5. The van der Waals surface area contributed by atoms with Gasteiger partial charge in [-0.15, -0.1) is 0 Å². The van der Waals surface area contributed by atoms with Gasteiger partial charge in [-0.1, -0.05) is 20.8 Å². The molecule has 25 heavy (non-hydrogen) atoms. The summed E-state index contributed by atoms with van der Waals surface area (Å²) in [4.78, 5) is 5.07. The van der Waals surface area contributed by atoms with Crippen LogP contribution in [0.3, 0.4) is 0 Å². The monoisotopic (exact) mass is 352 g/mol. The maximum atomic E-state index is 10.3. The minimum atomic E-state index is -0.240. The van der Waals surface area contributed by atoms with Crippen molar-refractivity contribution in [2.24, 2.45) is 5.41 Å². The van der Waals surface area contributed by atoms with Gasteiger partial charge in [0.05, 0.1) is 6.10 Å². The standard InChI is InChI=1S/C20H40N4O/c1-6-23-12-19(20(13-23)7-8-20)22-15(4)9-16(5)24-10-17(18(25)11-24)21-14(2)3/h14-19,21-22,25H,6-13H2,1-5H3. The van der Waals surface area contributed by atoms with E-state index in [0.717, 1.165) is 19.5 Å². The fraction of sp³-hybridized carbons (Fsp3) is 1.00. The first-order chi connectivity index (χ1) is 11.8. The van der Waals surface area contributed by atoms with Crippen LogP contribution in [0.1, 0.15) is 53.9 Å². The largest absolute Gasteiger partial charge is 0.390 e. The van der Waals surface area contributed by atoms with Crippen LogP contribution >= 0.6 is 0 Å². The highest BCUT2D eigenvalue weighted by molar-refractivity contribution is 5.10. The average Bonchev–Trinajstić information content (AvgIpc) is 3.10. The number of rotatable bonds is 8. The van der Waals surface area contributed by atoms with Crippen molar-refractivity contribution in [3.05, 3.63) is 0 Å². The molecule has 2 heterocycles. The highest BCUT2D eigenvalue weighted by atomic mass is 16.3. The van der Waals surface area contributed by atoms with Crippen molar-refractivity contribution in [2.75, 3.05) is 32.7 Å². The number of hydrogen-bond acceptors (Lipinski definition) is 5. The minimum absolute atomic E-state index is 0.216. The van der Waals surface area contributed by atoms with E-state index in [4.69, 9.17) is 0 Å². The van der Waals surface area contributed by atoms with Gasteiger partial charge < -0.3 is 20.6 Å². The summed E-state index contributed by atoms with van der Waals surface area (Å²) in [5.41, 5.74) is 0.587. The Bertz CT molecular complexity index is 439. The van der Waals surface area contributed by atoms with Gasteiger partial charge in [-0.3, -0.25) is 4.90 Å². The van der Waals surface area contributed by atoms with E-state index in [9.17, 15) is 5.11 Å². The second-order valence-electron chi connectivity index (χ2n) is 9.34. The van der Waals surface area contributed by atoms with E-state index in [1.54, 1.807) is 0 Å². The lowest BCUT2D eigenvalue weighted by Gasteiger charge is -2.30. The van der Waals surface area contributed by atoms with Gasteiger partial charge >= 0.3 is 0 Å². The molecule has 0 aromatic heterocycles. The number of nitrogens with one attached hydrogen (secondary N) is 2. The summed E-state index contributed by atoms with van der Waals surface area (Å²) in [5.74, 6) is 0. The van der Waals surface area contributed by atoms with E-state index >= 15 is 0 Å². The molecular weight excluding hydrogens is 312 g/mol. The molecule has 5 unspecified atom stereocenters. The second-order valence-corrected chi connectivity index (χ2v) is 9.34. The molecule has 5 nitrogen and oxygen atoms in total. The van der Waals surface area contributed by atoms with E-state index < -0.39 is 0 Å². The Kier molecular flexibility index (Phi) is 6.11. The van der Waals surface area contributed by atoms with Crippen molar-refractivity contribution in [1.29, 1.82) is 0 Å². The van der Waals surface area contributed by atoms with Gasteiger partial charge in [0.2, 0.25) is 0 Å². The van der Waals surface area contributed by atoms with Crippen LogP contribution in [-0.2, 0) is 0 Å². The Morgan fingerprint density at radius 2 is 1.80 bits per heavy atom. The molecule has 3 fully saturated rings. The Labute approximate surface area is 154 Å². The topological polar surface area (TPSA) is 50.8 Å². The zero-order chi connectivity index (χ0) is 18.2. The zero-order valence-electron chi connectivity index (χ0n) is 17.0. The first kappa shape index (κ1) is 19.6. The van der Waals surface area contributed by atoms with E-state index in [1.165, 1.54) is 32.5 Å². The molecular formula is C20H40N4O. The molecule has 0 amide bonds. The summed E-state index contributed by atoms with van der Waals surface area (Å²) < 4.78 is 0. The summed E-state index contributed by atoms with van der Waals surface area (Å²) in [7, 11) is 0. The quantitative estimate of drug-likeness (QED) is 0.614. The van der Waals surface area contributed by atoms with Crippen LogP contribution in [0.4, 0.5) is 0 Å². The van der Waals surface area contributed by atoms with Crippen LogP contribution < -0.4 is 10.6 Å². The third-order valence-corrected chi connectivity index (χ3v) is 6.73. The van der Waals surface area contributed by atoms with E-state index in [1.807, 2.05) is 0 Å². The zero-order valence-corrected chi connectivity index (χ0v) is 17.0. The Morgan fingerprint density at radius 3 is 2.40 bits per heavy atom. The number of aliphatic hydroxyl groups is 1. The SMILES string of the molecule is CCN1CC(NC(C)CC(C)N2CC(O)C(NC(C)C)C2)C2(CC2)C1. The number of likely N-dealkylation sites (N-methyl/N-ethyl adjacent to an activating group) is 1. The third-order valence-electron chi connectivity index (χ3n) is 6.73. The fourth-order valence-electron chi connectivity index (χ4n) is 5.05. The maximum absolute atomic E-state index is 10.3. The molecule has 146 valence electrons. The predicted octanol–water partition coefficient (Wildman–Crippen LogP) is 1.27. The van der Waals surface area contributed by atoms with Crippen LogP contribution in [0.15, 0.2) is 0 Å². The number of likely N-dealkylation sites (tertiary alicyclic amines) is 2. The van der Waals surface area contributed by atoms with Gasteiger partial charge in [-0.2, -0.15) is 0 Å². The average molecular weight is 353 g/mol. The molecule has 2 saturated heterocycles. The van der Waals surface area contributed by atoms with Crippen LogP contribution in [0.5, 0.6) is 0 Å². The van der Waals surface area contributed by atoms with Crippen molar-refractivity contribution < 1.29 is 5.11 Å². The number of aliphatic hydroxyl groups excluding tert-OH is 1. The molecule has 0 aromatic rings. The summed E-state index contributed by atoms with van der Waals surface area (Å²) in [6.45, 7) is 16.7. The van der Waals surface area contributed by atoms with E-state index in [0.29, 0.717) is 29.6 Å². The summed E-state index contributed by atoms with van der Waals surface area (Å²) in [5, 5.41) is 17.8. The molecule has 3 N–H and O–H groups in total. The Morgan fingerprint density at radius 1 is 1.08 bits per heavy atom. The Balaban J connectivity index is 1.46. The van der Waals surface area contributed by atoms with Gasteiger partial charge in [0.25, 0.3) is 0 Å². The van der Waals surface area contributed by atoms with Crippen LogP contribution in [0.25, 0.3) is 0 Å². The van der Waals surface area contributed by atoms with Crippen molar-refractivity contribution in [1.82, 2.24) is 20.4 Å². The first-order valence-electron chi connectivity index (χ1n) is 10.5. The molecule has 0 bridgehead atoms. The predicted molar refractivity (Wildman–Crippen MR) is 104 cm³/mol. The highest BCUT2D eigenvalue weighted by Crippen LogP contribution is 2.52. The maximum Gasteiger partial charge on any atom is 0.0832 e. The Hall–Kier alpha value is -0.200. The summed E-state index contributed by atoms with van der Waals surface area (Å²) in [6.07, 6.45) is 3.73.